The summed E-state index contributed by atoms with van der Waals surface area (Å²) in [6.45, 7) is 2.84. The first-order chi connectivity index (χ1) is 7.81. The molecule has 2 heterocycles. The van der Waals surface area contributed by atoms with Gasteiger partial charge in [-0.3, -0.25) is 0 Å². The first kappa shape index (κ1) is 10.3. The van der Waals surface area contributed by atoms with Crippen LogP contribution >= 0.6 is 0 Å². The molecule has 0 aliphatic carbocycles. The van der Waals surface area contributed by atoms with Crippen molar-refractivity contribution in [2.24, 2.45) is 10.2 Å². The van der Waals surface area contributed by atoms with Crippen molar-refractivity contribution in [1.29, 1.82) is 0 Å². The highest BCUT2D eigenvalue weighted by atomic mass is 15.3. The maximum atomic E-state index is 5.84. The fraction of sp³-hybridized carbons (Fsp3) is 0.333. The van der Waals surface area contributed by atoms with Crippen molar-refractivity contribution in [2.45, 2.75) is 19.9 Å². The number of imidazole rings is 1. The third-order valence-corrected chi connectivity index (χ3v) is 2.03. The lowest BCUT2D eigenvalue weighted by molar-refractivity contribution is 0.611. The van der Waals surface area contributed by atoms with Crippen LogP contribution in [0.1, 0.15) is 13.3 Å². The Hall–Kier alpha value is -2.18. The fourth-order valence-electron chi connectivity index (χ4n) is 1.26. The molecule has 2 rings (SSSR count). The summed E-state index contributed by atoms with van der Waals surface area (Å²) in [6, 6.07) is 0. The molecule has 0 unspecified atom stereocenters. The van der Waals surface area contributed by atoms with Gasteiger partial charge in [-0.25, -0.2) is 9.67 Å². The Labute approximate surface area is 92.4 Å². The molecule has 0 amide bonds. The summed E-state index contributed by atoms with van der Waals surface area (Å²) in [5, 5.41) is 12.0. The maximum Gasteiger partial charge on any atom is 0.246 e. The lowest BCUT2D eigenvalue weighted by atomic mass is 10.5. The average Bonchev–Trinajstić information content (AvgIpc) is 2.89. The molecule has 0 saturated heterocycles. The molecular weight excluding hydrogens is 206 g/mol. The van der Waals surface area contributed by atoms with Crippen LogP contribution in [0, 0.1) is 0 Å². The van der Waals surface area contributed by atoms with Gasteiger partial charge >= 0.3 is 0 Å². The Morgan fingerprint density at radius 2 is 2.38 bits per heavy atom. The molecule has 16 heavy (non-hydrogen) atoms. The van der Waals surface area contributed by atoms with Gasteiger partial charge in [0, 0.05) is 18.9 Å². The number of rotatable bonds is 4. The predicted molar refractivity (Wildman–Crippen MR) is 59.7 cm³/mol. The third-order valence-electron chi connectivity index (χ3n) is 2.03. The molecule has 7 heteroatoms. The second-order valence-electron chi connectivity index (χ2n) is 3.25. The van der Waals surface area contributed by atoms with Gasteiger partial charge in [-0.15, -0.1) is 10.2 Å². The Kier molecular flexibility index (Phi) is 2.95. The van der Waals surface area contributed by atoms with E-state index in [2.05, 4.69) is 32.2 Å². The summed E-state index contributed by atoms with van der Waals surface area (Å²) in [7, 11) is 0. The second-order valence-corrected chi connectivity index (χ2v) is 3.25. The van der Waals surface area contributed by atoms with E-state index in [9.17, 15) is 0 Å². The zero-order valence-corrected chi connectivity index (χ0v) is 8.96. The van der Waals surface area contributed by atoms with E-state index < -0.39 is 0 Å². The van der Waals surface area contributed by atoms with Gasteiger partial charge in [-0.2, -0.15) is 5.10 Å². The Balaban J connectivity index is 2.16. The number of nitrogens with one attached hydrogen (secondary N) is 1. The average molecular weight is 219 g/mol. The first-order valence-corrected chi connectivity index (χ1v) is 5.03. The van der Waals surface area contributed by atoms with Crippen LogP contribution < -0.4 is 5.73 Å². The maximum absolute atomic E-state index is 5.84. The smallest absolute Gasteiger partial charge is 0.246 e. The Morgan fingerprint density at radius 3 is 3.06 bits per heavy atom. The van der Waals surface area contributed by atoms with E-state index in [-0.39, 0.29) is 0 Å². The summed E-state index contributed by atoms with van der Waals surface area (Å²) in [6.07, 6.45) is 5.86. The quantitative estimate of drug-likeness (QED) is 0.769. The molecule has 84 valence electrons. The van der Waals surface area contributed by atoms with Gasteiger partial charge in [0.2, 0.25) is 5.95 Å². The lowest BCUT2D eigenvalue weighted by Crippen LogP contribution is -2.03. The zero-order chi connectivity index (χ0) is 11.4. The summed E-state index contributed by atoms with van der Waals surface area (Å²) in [4.78, 5) is 6.74. The molecule has 2 aromatic heterocycles. The standard InChI is InChI=1S/C9H13N7/c1-2-5-16-8(10)7(6-13-16)14-15-9-11-3-4-12-9/h3-4,6H,2,5,10H2,1H3,(H,11,12)/b15-14+. The minimum Gasteiger partial charge on any atom is -0.382 e. The van der Waals surface area contributed by atoms with Crippen molar-refractivity contribution in [3.63, 3.8) is 0 Å². The predicted octanol–water partition coefficient (Wildman–Crippen LogP) is 2.01. The van der Waals surface area contributed by atoms with E-state index in [0.717, 1.165) is 13.0 Å². The number of hydrogen-bond acceptors (Lipinski definition) is 5. The number of aromatic nitrogens is 4. The lowest BCUT2D eigenvalue weighted by Gasteiger charge is -1.99. The number of anilines is 1. The van der Waals surface area contributed by atoms with E-state index in [0.29, 0.717) is 17.5 Å². The van der Waals surface area contributed by atoms with Crippen LogP contribution in [0.25, 0.3) is 0 Å². The summed E-state index contributed by atoms with van der Waals surface area (Å²) < 4.78 is 1.70. The number of H-pyrrole nitrogens is 1. The van der Waals surface area contributed by atoms with Crippen LogP contribution in [0.15, 0.2) is 28.8 Å². The molecule has 0 aliphatic rings. The summed E-state index contributed by atoms with van der Waals surface area (Å²) >= 11 is 0. The van der Waals surface area contributed by atoms with Crippen LogP contribution in [0.4, 0.5) is 17.5 Å². The van der Waals surface area contributed by atoms with Crippen LogP contribution in [0.5, 0.6) is 0 Å². The molecule has 7 nitrogen and oxygen atoms in total. The van der Waals surface area contributed by atoms with E-state index in [1.807, 2.05) is 0 Å². The SMILES string of the molecule is CCCn1ncc(/N=N/c2ncc[nH]2)c1N. The number of aryl methyl sites for hydroxylation is 1. The molecule has 0 aromatic carbocycles. The molecule has 0 aliphatic heterocycles. The van der Waals surface area contributed by atoms with Gasteiger partial charge in [0.05, 0.1) is 6.20 Å². The van der Waals surface area contributed by atoms with Crippen molar-refractivity contribution in [3.8, 4) is 0 Å². The van der Waals surface area contributed by atoms with E-state index >= 15 is 0 Å². The largest absolute Gasteiger partial charge is 0.382 e. The molecule has 0 fully saturated rings. The minimum atomic E-state index is 0.447. The van der Waals surface area contributed by atoms with Gasteiger partial charge in [-0.1, -0.05) is 6.92 Å². The van der Waals surface area contributed by atoms with Crippen molar-refractivity contribution in [3.05, 3.63) is 18.6 Å². The van der Waals surface area contributed by atoms with Gasteiger partial charge in [0.1, 0.15) is 11.5 Å². The van der Waals surface area contributed by atoms with E-state index in [4.69, 9.17) is 5.73 Å². The second kappa shape index (κ2) is 4.56. The topological polar surface area (TPSA) is 97.2 Å². The highest BCUT2D eigenvalue weighted by Crippen LogP contribution is 2.22. The Bertz CT molecular complexity index is 468. The number of aromatic amines is 1. The van der Waals surface area contributed by atoms with Crippen molar-refractivity contribution >= 4 is 17.5 Å². The molecule has 0 atom stereocenters. The molecule has 0 bridgehead atoms. The first-order valence-electron chi connectivity index (χ1n) is 5.03. The van der Waals surface area contributed by atoms with Crippen LogP contribution in [0.2, 0.25) is 0 Å². The number of nitrogen functional groups attached to an aromatic ring is 1. The third kappa shape index (κ3) is 2.08. The van der Waals surface area contributed by atoms with Gasteiger partial charge < -0.3 is 10.7 Å². The van der Waals surface area contributed by atoms with E-state index in [1.165, 1.54) is 0 Å². The minimum absolute atomic E-state index is 0.447. The molecule has 0 spiro atoms. The normalized spacial score (nSPS) is 11.3. The molecule has 0 radical (unpaired) electrons. The van der Waals surface area contributed by atoms with Gasteiger partial charge in [0.25, 0.3) is 0 Å². The number of hydrogen-bond donors (Lipinski definition) is 2. The summed E-state index contributed by atoms with van der Waals surface area (Å²) in [5.74, 6) is 0.972. The monoisotopic (exact) mass is 219 g/mol. The molecule has 3 N–H and O–H groups in total. The number of azo groups is 1. The van der Waals surface area contributed by atoms with Crippen molar-refractivity contribution in [2.75, 3.05) is 5.73 Å². The van der Waals surface area contributed by atoms with Crippen molar-refractivity contribution in [1.82, 2.24) is 19.7 Å². The van der Waals surface area contributed by atoms with Crippen LogP contribution in [-0.4, -0.2) is 19.7 Å². The molecular formula is C9H13N7. The fourth-order valence-corrected chi connectivity index (χ4v) is 1.26. The number of nitrogens with zero attached hydrogens (tertiary/aromatic N) is 5. The van der Waals surface area contributed by atoms with E-state index in [1.54, 1.807) is 23.3 Å². The van der Waals surface area contributed by atoms with Crippen LogP contribution in [-0.2, 0) is 6.54 Å². The van der Waals surface area contributed by atoms with Crippen molar-refractivity contribution < 1.29 is 0 Å². The zero-order valence-electron chi connectivity index (χ0n) is 8.96. The van der Waals surface area contributed by atoms with Crippen LogP contribution in [0.3, 0.4) is 0 Å². The molecule has 0 saturated carbocycles. The van der Waals surface area contributed by atoms with Gasteiger partial charge in [-0.05, 0) is 6.42 Å². The molecule has 2 aromatic rings. The Morgan fingerprint density at radius 1 is 1.50 bits per heavy atom. The summed E-state index contributed by atoms with van der Waals surface area (Å²) in [5.41, 5.74) is 6.41. The number of nitrogens with two attached hydrogens (primary N) is 1. The highest BCUT2D eigenvalue weighted by molar-refractivity contribution is 5.56. The highest BCUT2D eigenvalue weighted by Gasteiger charge is 2.05. The van der Waals surface area contributed by atoms with Gasteiger partial charge in [0.15, 0.2) is 0 Å².